The van der Waals surface area contributed by atoms with Gasteiger partial charge in [-0.3, -0.25) is 4.90 Å². The molecule has 0 aliphatic carbocycles. The summed E-state index contributed by atoms with van der Waals surface area (Å²) in [7, 11) is 0. The van der Waals surface area contributed by atoms with Gasteiger partial charge in [0.1, 0.15) is 12.4 Å². The first-order valence-electron chi connectivity index (χ1n) is 8.49. The van der Waals surface area contributed by atoms with Gasteiger partial charge in [0.2, 0.25) is 0 Å². The number of anilines is 1. The molecule has 4 rings (SSSR count). The molecule has 1 fully saturated rings. The van der Waals surface area contributed by atoms with Gasteiger partial charge in [0.25, 0.3) is 0 Å². The zero-order chi connectivity index (χ0) is 18.6. The first-order valence-corrected chi connectivity index (χ1v) is 8.49. The van der Waals surface area contributed by atoms with Crippen molar-refractivity contribution < 1.29 is 19.1 Å². The second-order valence-electron chi connectivity index (χ2n) is 5.94. The monoisotopic (exact) mass is 360 g/mol. The van der Waals surface area contributed by atoms with Gasteiger partial charge in [-0.25, -0.2) is 14.6 Å². The van der Waals surface area contributed by atoms with E-state index in [0.29, 0.717) is 30.3 Å². The quantitative estimate of drug-likeness (QED) is 0.402. The average molecular weight is 360 g/mol. The Bertz CT molecular complexity index is 1030. The lowest BCUT2D eigenvalue weighted by atomic mass is 10.2. The van der Waals surface area contributed by atoms with Gasteiger partial charge < -0.3 is 9.47 Å². The number of pyridine rings is 1. The fraction of sp³-hybridized carbons (Fsp3) is 0.0952. The van der Waals surface area contributed by atoms with Crippen LogP contribution in [0.3, 0.4) is 0 Å². The van der Waals surface area contributed by atoms with Crippen LogP contribution in [0.5, 0.6) is 5.75 Å². The number of hydrogen-bond donors (Lipinski definition) is 0. The van der Waals surface area contributed by atoms with Gasteiger partial charge in [-0.1, -0.05) is 24.3 Å². The van der Waals surface area contributed by atoms with Gasteiger partial charge in [-0.2, -0.15) is 0 Å². The summed E-state index contributed by atoms with van der Waals surface area (Å²) in [6, 6.07) is 18.3. The third-order valence-electron chi connectivity index (χ3n) is 4.14. The number of carbonyl (C=O) groups is 2. The Kier molecular flexibility index (Phi) is 4.53. The first kappa shape index (κ1) is 16.8. The third kappa shape index (κ3) is 3.79. The van der Waals surface area contributed by atoms with Gasteiger partial charge >= 0.3 is 12.1 Å². The van der Waals surface area contributed by atoms with Crippen molar-refractivity contribution in [2.45, 2.75) is 0 Å². The Balaban J connectivity index is 1.41. The van der Waals surface area contributed by atoms with E-state index >= 15 is 0 Å². The Hall–Kier alpha value is -3.67. The summed E-state index contributed by atoms with van der Waals surface area (Å²) < 4.78 is 10.2. The Labute approximate surface area is 155 Å². The molecule has 6 heteroatoms. The average Bonchev–Trinajstić information content (AvgIpc) is 3.13. The molecule has 0 bridgehead atoms. The summed E-state index contributed by atoms with van der Waals surface area (Å²) in [4.78, 5) is 29.6. The fourth-order valence-electron chi connectivity index (χ4n) is 2.80. The highest BCUT2D eigenvalue weighted by atomic mass is 16.6. The van der Waals surface area contributed by atoms with Crippen LogP contribution in [-0.4, -0.2) is 30.2 Å². The number of carbonyl (C=O) groups excluding carboxylic acids is 2. The van der Waals surface area contributed by atoms with E-state index in [1.54, 1.807) is 30.3 Å². The molecule has 134 valence electrons. The number of para-hydroxylation sites is 1. The zero-order valence-electron chi connectivity index (χ0n) is 14.4. The van der Waals surface area contributed by atoms with Gasteiger partial charge in [-0.05, 0) is 42.5 Å². The Morgan fingerprint density at radius 1 is 1.07 bits per heavy atom. The summed E-state index contributed by atoms with van der Waals surface area (Å²) >= 11 is 0. The second kappa shape index (κ2) is 7.29. The fourth-order valence-corrected chi connectivity index (χ4v) is 2.80. The van der Waals surface area contributed by atoms with Crippen molar-refractivity contribution in [1.82, 2.24) is 4.98 Å². The van der Waals surface area contributed by atoms with Gasteiger partial charge in [0, 0.05) is 17.1 Å². The lowest BCUT2D eigenvalue weighted by molar-refractivity contribution is -0.128. The number of aromatic nitrogens is 1. The predicted octanol–water partition coefficient (Wildman–Crippen LogP) is 3.81. The smallest absolute Gasteiger partial charge is 0.414 e. The summed E-state index contributed by atoms with van der Waals surface area (Å²) in [6.45, 7) is 0.892. The van der Waals surface area contributed by atoms with Crippen LogP contribution in [0.25, 0.3) is 17.0 Å². The Morgan fingerprint density at radius 3 is 2.67 bits per heavy atom. The molecule has 0 N–H and O–H groups in total. The van der Waals surface area contributed by atoms with Crippen molar-refractivity contribution in [3.63, 3.8) is 0 Å². The molecule has 1 amide bonds. The number of amides is 1. The number of ether oxygens (including phenoxy) is 2. The Morgan fingerprint density at radius 2 is 1.89 bits per heavy atom. The highest BCUT2D eigenvalue weighted by Gasteiger charge is 2.23. The molecular weight excluding hydrogens is 344 g/mol. The number of rotatable bonds is 4. The number of esters is 1. The molecule has 6 nitrogen and oxygen atoms in total. The topological polar surface area (TPSA) is 68.7 Å². The lowest BCUT2D eigenvalue weighted by Gasteiger charge is -2.12. The molecule has 1 saturated heterocycles. The molecule has 27 heavy (non-hydrogen) atoms. The molecule has 2 aromatic carbocycles. The standard InChI is InChI=1S/C21H16N2O4/c24-20(12-7-16-6-5-15-3-1-2-4-19(15)22-16)27-18-10-8-17(9-11-18)23-13-14-26-21(23)25/h1-12H,13-14H2/b12-7-. The molecule has 2 heterocycles. The number of fused-ring (bicyclic) bond motifs is 1. The first-order chi connectivity index (χ1) is 13.2. The van der Waals surface area contributed by atoms with Crippen LogP contribution >= 0.6 is 0 Å². The minimum Gasteiger partial charge on any atom is -0.447 e. The van der Waals surface area contributed by atoms with Crippen molar-refractivity contribution in [3.8, 4) is 5.75 Å². The molecule has 1 aromatic heterocycles. The van der Waals surface area contributed by atoms with E-state index in [1.807, 2.05) is 36.4 Å². The maximum atomic E-state index is 12.0. The molecular formula is C21H16N2O4. The van der Waals surface area contributed by atoms with Gasteiger partial charge in [-0.15, -0.1) is 0 Å². The van der Waals surface area contributed by atoms with E-state index in [4.69, 9.17) is 9.47 Å². The lowest BCUT2D eigenvalue weighted by Crippen LogP contribution is -2.23. The van der Waals surface area contributed by atoms with E-state index in [2.05, 4.69) is 4.98 Å². The van der Waals surface area contributed by atoms with E-state index in [0.717, 1.165) is 10.9 Å². The molecule has 0 radical (unpaired) electrons. The maximum Gasteiger partial charge on any atom is 0.414 e. The molecule has 0 unspecified atom stereocenters. The predicted molar refractivity (Wildman–Crippen MR) is 102 cm³/mol. The SMILES string of the molecule is O=C(/C=C\c1ccc2ccccc2n1)Oc1ccc(N2CCOC2=O)cc1. The minimum absolute atomic E-state index is 0.370. The number of nitrogens with zero attached hydrogens (tertiary/aromatic N) is 2. The molecule has 3 aromatic rings. The highest BCUT2D eigenvalue weighted by molar-refractivity contribution is 5.90. The van der Waals surface area contributed by atoms with E-state index in [9.17, 15) is 9.59 Å². The van der Waals surface area contributed by atoms with Gasteiger partial charge in [0.15, 0.2) is 0 Å². The molecule has 1 aliphatic heterocycles. The van der Waals surface area contributed by atoms with Crippen LogP contribution < -0.4 is 9.64 Å². The highest BCUT2D eigenvalue weighted by Crippen LogP contribution is 2.22. The summed E-state index contributed by atoms with van der Waals surface area (Å²) in [5.41, 5.74) is 2.24. The number of benzene rings is 2. The van der Waals surface area contributed by atoms with E-state index in [-0.39, 0.29) is 6.09 Å². The van der Waals surface area contributed by atoms with Crippen molar-refractivity contribution >= 4 is 34.7 Å². The van der Waals surface area contributed by atoms with E-state index in [1.165, 1.54) is 11.0 Å². The third-order valence-corrected chi connectivity index (χ3v) is 4.14. The van der Waals surface area contributed by atoms with Crippen LogP contribution in [0.4, 0.5) is 10.5 Å². The summed E-state index contributed by atoms with van der Waals surface area (Å²) in [6.07, 6.45) is 2.58. The van der Waals surface area contributed by atoms with Crippen LogP contribution in [0.1, 0.15) is 5.69 Å². The minimum atomic E-state index is -0.502. The molecule has 0 spiro atoms. The van der Waals surface area contributed by atoms with Crippen LogP contribution in [0, 0.1) is 0 Å². The molecule has 1 aliphatic rings. The van der Waals surface area contributed by atoms with Gasteiger partial charge in [0.05, 0.1) is 17.8 Å². The van der Waals surface area contributed by atoms with Crippen molar-refractivity contribution in [2.24, 2.45) is 0 Å². The zero-order valence-corrected chi connectivity index (χ0v) is 14.4. The second-order valence-corrected chi connectivity index (χ2v) is 5.94. The summed E-state index contributed by atoms with van der Waals surface area (Å²) in [5.74, 6) is -0.106. The molecule has 0 saturated carbocycles. The number of cyclic esters (lactones) is 1. The molecule has 0 atom stereocenters. The van der Waals surface area contributed by atoms with E-state index < -0.39 is 5.97 Å². The van der Waals surface area contributed by atoms with Crippen LogP contribution in [0.2, 0.25) is 0 Å². The normalized spacial score (nSPS) is 13.9. The van der Waals surface area contributed by atoms with Crippen molar-refractivity contribution in [1.29, 1.82) is 0 Å². The van der Waals surface area contributed by atoms with Crippen LogP contribution in [-0.2, 0) is 9.53 Å². The van der Waals surface area contributed by atoms with Crippen LogP contribution in [0.15, 0.2) is 66.7 Å². The van der Waals surface area contributed by atoms with Crippen molar-refractivity contribution in [3.05, 3.63) is 72.4 Å². The van der Waals surface area contributed by atoms with Crippen molar-refractivity contribution in [2.75, 3.05) is 18.1 Å². The number of hydrogen-bond acceptors (Lipinski definition) is 5. The summed E-state index contributed by atoms with van der Waals surface area (Å²) in [5, 5.41) is 1.04. The maximum absolute atomic E-state index is 12.0. The largest absolute Gasteiger partial charge is 0.447 e.